The van der Waals surface area contributed by atoms with Crippen LogP contribution in [0.1, 0.15) is 52.9 Å². The van der Waals surface area contributed by atoms with Gasteiger partial charge >= 0.3 is 5.97 Å². The van der Waals surface area contributed by atoms with Crippen molar-refractivity contribution >= 4 is 11.9 Å². The third kappa shape index (κ3) is 3.24. The number of carboxylic acid groups (broad SMARTS) is 1. The molecule has 0 bridgehead atoms. The first-order valence-electron chi connectivity index (χ1n) is 6.96. The van der Waals surface area contributed by atoms with Crippen molar-refractivity contribution in [3.63, 3.8) is 0 Å². The average Bonchev–Trinajstić information content (AvgIpc) is 2.72. The van der Waals surface area contributed by atoms with E-state index in [4.69, 9.17) is 0 Å². The summed E-state index contributed by atoms with van der Waals surface area (Å²) in [5, 5.41) is 9.18. The van der Waals surface area contributed by atoms with Crippen molar-refractivity contribution in [3.8, 4) is 0 Å². The molecule has 0 saturated carbocycles. The predicted octanol–water partition coefficient (Wildman–Crippen LogP) is 2.53. The molecule has 0 aromatic heterocycles. The maximum Gasteiger partial charge on any atom is 0.311 e. The van der Waals surface area contributed by atoms with Gasteiger partial charge in [0.1, 0.15) is 0 Å². The van der Waals surface area contributed by atoms with E-state index in [1.807, 2.05) is 0 Å². The van der Waals surface area contributed by atoms with Crippen LogP contribution in [0, 0.1) is 11.3 Å². The van der Waals surface area contributed by atoms with E-state index >= 15 is 0 Å². The highest BCUT2D eigenvalue weighted by molar-refractivity contribution is 5.82. The Morgan fingerprint density at radius 3 is 2.22 bits per heavy atom. The Morgan fingerprint density at radius 2 is 1.83 bits per heavy atom. The number of amides is 1. The Balaban J connectivity index is 2.65. The zero-order chi connectivity index (χ0) is 13.8. The van der Waals surface area contributed by atoms with E-state index in [0.717, 1.165) is 25.7 Å². The Labute approximate surface area is 109 Å². The fraction of sp³-hybridized carbons (Fsp3) is 0.857. The van der Waals surface area contributed by atoms with Crippen molar-refractivity contribution in [2.75, 3.05) is 13.1 Å². The third-order valence-corrected chi connectivity index (χ3v) is 3.92. The summed E-state index contributed by atoms with van der Waals surface area (Å²) in [5.41, 5.74) is -0.751. The first kappa shape index (κ1) is 15.0. The molecule has 1 fully saturated rings. The minimum atomic E-state index is -0.791. The molecule has 1 heterocycles. The molecule has 0 spiro atoms. The predicted molar refractivity (Wildman–Crippen MR) is 70.2 cm³/mol. The van der Waals surface area contributed by atoms with Crippen LogP contribution in [0.25, 0.3) is 0 Å². The monoisotopic (exact) mass is 255 g/mol. The molecule has 104 valence electrons. The van der Waals surface area contributed by atoms with Crippen LogP contribution in [-0.4, -0.2) is 35.0 Å². The van der Waals surface area contributed by atoms with Gasteiger partial charge in [-0.2, -0.15) is 0 Å². The van der Waals surface area contributed by atoms with Gasteiger partial charge in [0.25, 0.3) is 0 Å². The summed E-state index contributed by atoms with van der Waals surface area (Å²) in [7, 11) is 0. The molecular weight excluding hydrogens is 230 g/mol. The van der Waals surface area contributed by atoms with Crippen molar-refractivity contribution in [1.82, 2.24) is 4.90 Å². The average molecular weight is 255 g/mol. The van der Waals surface area contributed by atoms with E-state index in [2.05, 4.69) is 13.8 Å². The van der Waals surface area contributed by atoms with Gasteiger partial charge < -0.3 is 10.0 Å². The second kappa shape index (κ2) is 6.21. The second-order valence-electron chi connectivity index (χ2n) is 5.65. The van der Waals surface area contributed by atoms with Gasteiger partial charge in [0.05, 0.1) is 5.41 Å². The van der Waals surface area contributed by atoms with Gasteiger partial charge in [-0.15, -0.1) is 0 Å². The fourth-order valence-electron chi connectivity index (χ4n) is 2.67. The van der Waals surface area contributed by atoms with E-state index in [0.29, 0.717) is 19.5 Å². The number of hydrogen-bond acceptors (Lipinski definition) is 2. The number of nitrogens with zero attached hydrogens (tertiary/aromatic N) is 1. The van der Waals surface area contributed by atoms with Crippen LogP contribution < -0.4 is 0 Å². The molecule has 0 aromatic carbocycles. The van der Waals surface area contributed by atoms with Crippen molar-refractivity contribution in [2.45, 2.75) is 52.9 Å². The molecule has 1 aliphatic heterocycles. The lowest BCUT2D eigenvalue weighted by atomic mass is 9.90. The Bertz CT molecular complexity index is 310. The van der Waals surface area contributed by atoms with Crippen LogP contribution in [0.5, 0.6) is 0 Å². The largest absolute Gasteiger partial charge is 0.481 e. The van der Waals surface area contributed by atoms with Crippen LogP contribution in [0.3, 0.4) is 0 Å². The van der Waals surface area contributed by atoms with E-state index in [1.54, 1.807) is 11.8 Å². The summed E-state index contributed by atoms with van der Waals surface area (Å²) in [4.78, 5) is 25.3. The highest BCUT2D eigenvalue weighted by atomic mass is 16.4. The first-order valence-corrected chi connectivity index (χ1v) is 6.96. The zero-order valence-electron chi connectivity index (χ0n) is 11.7. The zero-order valence-corrected chi connectivity index (χ0v) is 11.7. The molecule has 1 aliphatic rings. The van der Waals surface area contributed by atoms with Crippen molar-refractivity contribution in [2.24, 2.45) is 11.3 Å². The fourth-order valence-corrected chi connectivity index (χ4v) is 2.67. The van der Waals surface area contributed by atoms with Crippen LogP contribution in [0.15, 0.2) is 0 Å². The molecule has 1 amide bonds. The highest BCUT2D eigenvalue weighted by Crippen LogP contribution is 2.32. The van der Waals surface area contributed by atoms with Gasteiger partial charge in [0.15, 0.2) is 0 Å². The van der Waals surface area contributed by atoms with Crippen LogP contribution in [0.2, 0.25) is 0 Å². The van der Waals surface area contributed by atoms with Gasteiger partial charge in [0.2, 0.25) is 5.91 Å². The number of carboxylic acids is 1. The molecule has 1 rings (SSSR count). The normalized spacial score (nSPS) is 23.7. The summed E-state index contributed by atoms with van der Waals surface area (Å²) in [6.45, 7) is 6.86. The Morgan fingerprint density at radius 1 is 1.28 bits per heavy atom. The Kier molecular flexibility index (Phi) is 5.17. The summed E-state index contributed by atoms with van der Waals surface area (Å²) < 4.78 is 0. The van der Waals surface area contributed by atoms with Crippen molar-refractivity contribution in [3.05, 3.63) is 0 Å². The van der Waals surface area contributed by atoms with E-state index in [9.17, 15) is 14.7 Å². The second-order valence-corrected chi connectivity index (χ2v) is 5.65. The molecule has 0 aliphatic carbocycles. The minimum Gasteiger partial charge on any atom is -0.481 e. The molecular formula is C14H25NO3. The minimum absolute atomic E-state index is 0.0798. The lowest BCUT2D eigenvalue weighted by Crippen LogP contribution is -2.38. The molecule has 18 heavy (non-hydrogen) atoms. The smallest absolute Gasteiger partial charge is 0.311 e. The van der Waals surface area contributed by atoms with E-state index < -0.39 is 11.4 Å². The van der Waals surface area contributed by atoms with Gasteiger partial charge in [-0.05, 0) is 26.2 Å². The van der Waals surface area contributed by atoms with E-state index in [-0.39, 0.29) is 11.8 Å². The molecule has 0 radical (unpaired) electrons. The quantitative estimate of drug-likeness (QED) is 0.793. The van der Waals surface area contributed by atoms with Crippen molar-refractivity contribution < 1.29 is 14.7 Å². The van der Waals surface area contributed by atoms with Crippen molar-refractivity contribution in [1.29, 1.82) is 0 Å². The van der Waals surface area contributed by atoms with Gasteiger partial charge in [-0.1, -0.05) is 26.7 Å². The molecule has 0 aromatic rings. The lowest BCUT2D eigenvalue weighted by molar-refractivity contribution is -0.147. The molecule has 1 unspecified atom stereocenters. The summed E-state index contributed by atoms with van der Waals surface area (Å²) in [6.07, 6.45) is 4.39. The number of aliphatic carboxylic acids is 1. The van der Waals surface area contributed by atoms with Gasteiger partial charge in [-0.3, -0.25) is 9.59 Å². The first-order chi connectivity index (χ1) is 8.44. The molecule has 1 N–H and O–H groups in total. The summed E-state index contributed by atoms with van der Waals surface area (Å²) >= 11 is 0. The molecule has 4 nitrogen and oxygen atoms in total. The SMILES string of the molecule is CCCC(CCC)C(=O)N1CCC(C)(C(=O)O)C1. The van der Waals surface area contributed by atoms with Crippen LogP contribution >= 0.6 is 0 Å². The van der Waals surface area contributed by atoms with Crippen LogP contribution in [0.4, 0.5) is 0 Å². The summed E-state index contributed by atoms with van der Waals surface area (Å²) in [6, 6.07) is 0. The molecule has 1 saturated heterocycles. The number of hydrogen-bond donors (Lipinski definition) is 1. The topological polar surface area (TPSA) is 57.6 Å². The number of likely N-dealkylation sites (tertiary alicyclic amines) is 1. The number of carbonyl (C=O) groups is 2. The van der Waals surface area contributed by atoms with Crippen LogP contribution in [-0.2, 0) is 9.59 Å². The summed E-state index contributed by atoms with van der Waals surface area (Å²) in [5.74, 6) is -0.555. The van der Waals surface area contributed by atoms with Gasteiger partial charge in [-0.25, -0.2) is 0 Å². The third-order valence-electron chi connectivity index (χ3n) is 3.92. The highest BCUT2D eigenvalue weighted by Gasteiger charge is 2.42. The molecule has 1 atom stereocenters. The maximum atomic E-state index is 12.4. The standard InChI is InChI=1S/C14H25NO3/c1-4-6-11(7-5-2)12(16)15-9-8-14(3,10-15)13(17)18/h11H,4-10H2,1-3H3,(H,17,18). The van der Waals surface area contributed by atoms with Gasteiger partial charge in [0, 0.05) is 19.0 Å². The maximum absolute atomic E-state index is 12.4. The Hall–Kier alpha value is -1.06. The lowest BCUT2D eigenvalue weighted by Gasteiger charge is -2.24. The number of carbonyl (C=O) groups excluding carboxylic acids is 1. The molecule has 4 heteroatoms. The number of rotatable bonds is 6. The van der Waals surface area contributed by atoms with E-state index in [1.165, 1.54) is 0 Å².